The topological polar surface area (TPSA) is 66.0 Å². The Morgan fingerprint density at radius 1 is 1.20 bits per heavy atom. The Balaban J connectivity index is 1.66. The number of benzene rings is 1. The van der Waals surface area contributed by atoms with E-state index in [0.29, 0.717) is 35.3 Å². The minimum Gasteiger partial charge on any atom is -0.435 e. The Hall–Kier alpha value is -2.48. The van der Waals surface area contributed by atoms with Gasteiger partial charge >= 0.3 is 6.61 Å². The van der Waals surface area contributed by atoms with Gasteiger partial charge in [0.2, 0.25) is 11.8 Å². The van der Waals surface area contributed by atoms with Gasteiger partial charge in [-0.1, -0.05) is 11.6 Å². The van der Waals surface area contributed by atoms with E-state index in [4.69, 9.17) is 16.0 Å². The van der Waals surface area contributed by atoms with Crippen LogP contribution < -0.4 is 4.74 Å². The van der Waals surface area contributed by atoms with E-state index in [2.05, 4.69) is 20.0 Å². The van der Waals surface area contributed by atoms with Gasteiger partial charge in [0.1, 0.15) is 5.75 Å². The van der Waals surface area contributed by atoms with E-state index >= 15 is 0 Å². The normalized spacial score (nSPS) is 11.3. The van der Waals surface area contributed by atoms with Crippen molar-refractivity contribution in [3.63, 3.8) is 0 Å². The van der Waals surface area contributed by atoms with Crippen LogP contribution in [-0.2, 0) is 13.0 Å². The van der Waals surface area contributed by atoms with E-state index in [-0.39, 0.29) is 5.75 Å². The summed E-state index contributed by atoms with van der Waals surface area (Å²) in [4.78, 5) is 0. The lowest BCUT2D eigenvalue weighted by Crippen LogP contribution is -2.05. The van der Waals surface area contributed by atoms with Crippen LogP contribution in [0.4, 0.5) is 8.78 Å². The predicted octanol–water partition coefficient (Wildman–Crippen LogP) is 4.05. The van der Waals surface area contributed by atoms with E-state index in [1.165, 1.54) is 12.1 Å². The Labute approximate surface area is 147 Å². The third-order valence-corrected chi connectivity index (χ3v) is 4.17. The van der Waals surface area contributed by atoms with E-state index < -0.39 is 6.61 Å². The molecule has 0 saturated carbocycles. The second kappa shape index (κ2) is 7.18. The molecule has 6 nitrogen and oxygen atoms in total. The fourth-order valence-electron chi connectivity index (χ4n) is 2.34. The lowest BCUT2D eigenvalue weighted by molar-refractivity contribution is -0.0498. The Kier molecular flexibility index (Phi) is 4.98. The standard InChI is InChI=1S/C16H15ClF2N4O2/c1-9-14(17)10(2)23(22-9)8-7-13-20-21-15(25-13)11-3-5-12(6-4-11)24-16(18)19/h3-6,16H,7-8H2,1-2H3. The number of ether oxygens (including phenoxy) is 1. The van der Waals surface area contributed by atoms with Gasteiger partial charge in [-0.05, 0) is 38.1 Å². The van der Waals surface area contributed by atoms with Gasteiger partial charge in [0.05, 0.1) is 16.4 Å². The second-order valence-electron chi connectivity index (χ2n) is 5.36. The first-order chi connectivity index (χ1) is 11.9. The average Bonchev–Trinajstić information content (AvgIpc) is 3.14. The minimum atomic E-state index is -2.86. The molecule has 0 unspecified atom stereocenters. The van der Waals surface area contributed by atoms with Crippen molar-refractivity contribution in [2.24, 2.45) is 0 Å². The van der Waals surface area contributed by atoms with Crippen molar-refractivity contribution in [2.45, 2.75) is 33.4 Å². The Morgan fingerprint density at radius 3 is 2.52 bits per heavy atom. The zero-order valence-electron chi connectivity index (χ0n) is 13.5. The van der Waals surface area contributed by atoms with E-state index in [0.717, 1.165) is 11.4 Å². The van der Waals surface area contributed by atoms with Gasteiger partial charge in [0.15, 0.2) is 0 Å². The maximum atomic E-state index is 12.1. The van der Waals surface area contributed by atoms with Crippen LogP contribution >= 0.6 is 11.6 Å². The molecule has 0 amide bonds. The van der Waals surface area contributed by atoms with Crippen LogP contribution in [0.2, 0.25) is 5.02 Å². The molecule has 0 atom stereocenters. The van der Waals surface area contributed by atoms with Gasteiger partial charge in [-0.3, -0.25) is 4.68 Å². The summed E-state index contributed by atoms with van der Waals surface area (Å²) in [6.07, 6.45) is 0.498. The molecular weight excluding hydrogens is 354 g/mol. The summed E-state index contributed by atoms with van der Waals surface area (Å²) in [5.41, 5.74) is 2.28. The number of rotatable bonds is 6. The number of nitrogens with zero attached hydrogens (tertiary/aromatic N) is 4. The molecule has 0 N–H and O–H groups in total. The number of aromatic nitrogens is 4. The van der Waals surface area contributed by atoms with Gasteiger partial charge in [0, 0.05) is 18.5 Å². The largest absolute Gasteiger partial charge is 0.435 e. The molecule has 2 aromatic heterocycles. The van der Waals surface area contributed by atoms with Crippen LogP contribution in [0.15, 0.2) is 28.7 Å². The highest BCUT2D eigenvalue weighted by molar-refractivity contribution is 6.31. The van der Waals surface area contributed by atoms with Crippen molar-refractivity contribution in [3.05, 3.63) is 46.6 Å². The number of aryl methyl sites for hydroxylation is 3. The van der Waals surface area contributed by atoms with Gasteiger partial charge in [0.25, 0.3) is 0 Å². The van der Waals surface area contributed by atoms with Crippen LogP contribution in [0, 0.1) is 13.8 Å². The molecule has 0 spiro atoms. The maximum Gasteiger partial charge on any atom is 0.387 e. The van der Waals surface area contributed by atoms with Gasteiger partial charge < -0.3 is 9.15 Å². The molecule has 2 heterocycles. The molecule has 3 aromatic rings. The van der Waals surface area contributed by atoms with Crippen molar-refractivity contribution in [2.75, 3.05) is 0 Å². The predicted molar refractivity (Wildman–Crippen MR) is 86.8 cm³/mol. The highest BCUT2D eigenvalue weighted by Gasteiger charge is 2.13. The number of hydrogen-bond acceptors (Lipinski definition) is 5. The fraction of sp³-hybridized carbons (Fsp3) is 0.312. The van der Waals surface area contributed by atoms with Crippen molar-refractivity contribution in [3.8, 4) is 17.2 Å². The van der Waals surface area contributed by atoms with Crippen LogP contribution in [0.25, 0.3) is 11.5 Å². The van der Waals surface area contributed by atoms with Crippen LogP contribution in [0.5, 0.6) is 5.75 Å². The molecule has 0 aliphatic carbocycles. The first-order valence-corrected chi connectivity index (χ1v) is 7.89. The second-order valence-corrected chi connectivity index (χ2v) is 5.74. The molecule has 9 heteroatoms. The summed E-state index contributed by atoms with van der Waals surface area (Å²) >= 11 is 6.12. The molecule has 0 aliphatic heterocycles. The average molecular weight is 369 g/mol. The smallest absolute Gasteiger partial charge is 0.387 e. The van der Waals surface area contributed by atoms with E-state index in [1.54, 1.807) is 16.8 Å². The summed E-state index contributed by atoms with van der Waals surface area (Å²) in [7, 11) is 0. The fourth-order valence-corrected chi connectivity index (χ4v) is 2.48. The van der Waals surface area contributed by atoms with E-state index in [9.17, 15) is 8.78 Å². The lowest BCUT2D eigenvalue weighted by Gasteiger charge is -2.03. The molecule has 0 aliphatic rings. The molecule has 0 saturated heterocycles. The monoisotopic (exact) mass is 368 g/mol. The SMILES string of the molecule is Cc1nn(CCc2nnc(-c3ccc(OC(F)F)cc3)o2)c(C)c1Cl. The quantitative estimate of drug-likeness (QED) is 0.656. The first-order valence-electron chi connectivity index (χ1n) is 7.51. The number of halogens is 3. The van der Waals surface area contributed by atoms with Crippen molar-refractivity contribution in [1.29, 1.82) is 0 Å². The number of hydrogen-bond donors (Lipinski definition) is 0. The Bertz CT molecular complexity index is 862. The highest BCUT2D eigenvalue weighted by Crippen LogP contribution is 2.23. The van der Waals surface area contributed by atoms with Crippen molar-refractivity contribution >= 4 is 11.6 Å². The zero-order chi connectivity index (χ0) is 18.0. The molecule has 25 heavy (non-hydrogen) atoms. The maximum absolute atomic E-state index is 12.1. The first kappa shape index (κ1) is 17.3. The third-order valence-electron chi connectivity index (χ3n) is 3.62. The van der Waals surface area contributed by atoms with Crippen LogP contribution in [0.1, 0.15) is 17.3 Å². The molecule has 0 fully saturated rings. The molecule has 1 aromatic carbocycles. The van der Waals surface area contributed by atoms with Crippen LogP contribution in [0.3, 0.4) is 0 Å². The molecule has 3 rings (SSSR count). The summed E-state index contributed by atoms with van der Waals surface area (Å²) in [6.45, 7) is 1.44. The summed E-state index contributed by atoms with van der Waals surface area (Å²) in [5.74, 6) is 0.830. The molecular formula is C16H15ClF2N4O2. The van der Waals surface area contributed by atoms with E-state index in [1.807, 2.05) is 13.8 Å². The van der Waals surface area contributed by atoms with Crippen molar-refractivity contribution in [1.82, 2.24) is 20.0 Å². The summed E-state index contributed by atoms with van der Waals surface area (Å²) in [6, 6.07) is 6.00. The van der Waals surface area contributed by atoms with Crippen LogP contribution in [-0.4, -0.2) is 26.6 Å². The lowest BCUT2D eigenvalue weighted by atomic mass is 10.2. The van der Waals surface area contributed by atoms with Gasteiger partial charge in [-0.2, -0.15) is 13.9 Å². The zero-order valence-corrected chi connectivity index (χ0v) is 14.3. The third kappa shape index (κ3) is 3.96. The minimum absolute atomic E-state index is 0.0693. The highest BCUT2D eigenvalue weighted by atomic mass is 35.5. The van der Waals surface area contributed by atoms with Crippen molar-refractivity contribution < 1.29 is 17.9 Å². The summed E-state index contributed by atoms with van der Waals surface area (Å²) in [5, 5.41) is 13.0. The molecule has 0 radical (unpaired) electrons. The molecule has 0 bridgehead atoms. The summed E-state index contributed by atoms with van der Waals surface area (Å²) < 4.78 is 36.0. The Morgan fingerprint density at radius 2 is 1.92 bits per heavy atom. The molecule has 132 valence electrons. The van der Waals surface area contributed by atoms with Gasteiger partial charge in [-0.25, -0.2) is 0 Å². The van der Waals surface area contributed by atoms with Gasteiger partial charge in [-0.15, -0.1) is 10.2 Å². The number of alkyl halides is 2.